The Morgan fingerprint density at radius 2 is 1.79 bits per heavy atom. The van der Waals surface area contributed by atoms with Crippen molar-refractivity contribution in [2.75, 3.05) is 6.54 Å². The summed E-state index contributed by atoms with van der Waals surface area (Å²) in [7, 11) is 0. The Balaban J connectivity index is 2.36. The molecule has 0 aliphatic carbocycles. The highest BCUT2D eigenvalue weighted by Crippen LogP contribution is 2.36. The molecule has 2 aromatic carbocycles. The van der Waals surface area contributed by atoms with Crippen molar-refractivity contribution in [1.29, 1.82) is 0 Å². The second-order valence-corrected chi connectivity index (χ2v) is 5.17. The van der Waals surface area contributed by atoms with Gasteiger partial charge in [0.15, 0.2) is 0 Å². The van der Waals surface area contributed by atoms with Crippen molar-refractivity contribution in [3.05, 3.63) is 57.0 Å². The van der Waals surface area contributed by atoms with E-state index < -0.39 is 0 Å². The van der Waals surface area contributed by atoms with E-state index in [-0.39, 0.29) is 0 Å². The highest BCUT2D eigenvalue weighted by molar-refractivity contribution is 6.42. The monoisotopic (exact) mass is 315 g/mol. The van der Waals surface area contributed by atoms with Gasteiger partial charge in [-0.25, -0.2) is 0 Å². The maximum Gasteiger partial charge on any atom is 0.147 e. The Hall–Kier alpha value is -0.930. The van der Waals surface area contributed by atoms with Gasteiger partial charge in [0.1, 0.15) is 16.5 Å². The van der Waals surface area contributed by atoms with Crippen molar-refractivity contribution < 1.29 is 4.74 Å². The third kappa shape index (κ3) is 3.54. The first kappa shape index (κ1) is 14.5. The van der Waals surface area contributed by atoms with Crippen molar-refractivity contribution in [2.24, 2.45) is 5.73 Å². The first-order valence-corrected chi connectivity index (χ1v) is 6.85. The highest BCUT2D eigenvalue weighted by Gasteiger charge is 2.10. The molecule has 0 aromatic heterocycles. The molecule has 2 N–H and O–H groups in total. The van der Waals surface area contributed by atoms with E-state index >= 15 is 0 Å². The predicted molar refractivity (Wildman–Crippen MR) is 80.7 cm³/mol. The fourth-order valence-corrected chi connectivity index (χ4v) is 2.16. The molecule has 0 radical (unpaired) electrons. The molecule has 0 spiro atoms. The van der Waals surface area contributed by atoms with E-state index in [0.717, 1.165) is 5.56 Å². The van der Waals surface area contributed by atoms with Gasteiger partial charge in [-0.3, -0.25) is 0 Å². The molecule has 0 saturated heterocycles. The third-order valence-corrected chi connectivity index (χ3v) is 3.62. The maximum absolute atomic E-state index is 6.10. The molecule has 0 aliphatic heterocycles. The van der Waals surface area contributed by atoms with Crippen molar-refractivity contribution in [2.45, 2.75) is 6.42 Å². The normalized spacial score (nSPS) is 10.5. The summed E-state index contributed by atoms with van der Waals surface area (Å²) in [5.74, 6) is 1.14. The molecule has 2 nitrogen and oxygen atoms in total. The topological polar surface area (TPSA) is 35.2 Å². The van der Waals surface area contributed by atoms with Gasteiger partial charge in [-0.15, -0.1) is 0 Å². The molecular weight excluding hydrogens is 305 g/mol. The minimum atomic E-state index is 0.378. The molecule has 0 atom stereocenters. The van der Waals surface area contributed by atoms with E-state index in [1.807, 2.05) is 6.07 Å². The van der Waals surface area contributed by atoms with Gasteiger partial charge in [0.2, 0.25) is 0 Å². The zero-order chi connectivity index (χ0) is 13.8. The van der Waals surface area contributed by atoms with Crippen molar-refractivity contribution in [1.82, 2.24) is 0 Å². The Morgan fingerprint density at radius 1 is 1.00 bits per heavy atom. The SMILES string of the molecule is NCCc1ccc(Cl)cc1Oc1cccc(Cl)c1Cl. The average molecular weight is 317 g/mol. The van der Waals surface area contributed by atoms with Crippen LogP contribution in [0.25, 0.3) is 0 Å². The maximum atomic E-state index is 6.10. The van der Waals surface area contributed by atoms with E-state index in [1.165, 1.54) is 0 Å². The Morgan fingerprint density at radius 3 is 2.53 bits per heavy atom. The molecule has 0 aliphatic rings. The van der Waals surface area contributed by atoms with Crippen molar-refractivity contribution in [3.63, 3.8) is 0 Å². The lowest BCUT2D eigenvalue weighted by molar-refractivity contribution is 0.476. The number of hydrogen-bond donors (Lipinski definition) is 1. The number of nitrogens with two attached hydrogens (primary N) is 1. The van der Waals surface area contributed by atoms with E-state index in [0.29, 0.717) is 39.5 Å². The Kier molecular flexibility index (Phi) is 4.94. The molecule has 0 heterocycles. The molecular formula is C14H12Cl3NO. The number of hydrogen-bond acceptors (Lipinski definition) is 2. The largest absolute Gasteiger partial charge is 0.455 e. The van der Waals surface area contributed by atoms with Crippen molar-refractivity contribution >= 4 is 34.8 Å². The van der Waals surface area contributed by atoms with E-state index in [9.17, 15) is 0 Å². The lowest BCUT2D eigenvalue weighted by Gasteiger charge is -2.12. The standard InChI is InChI=1S/C14H12Cl3NO/c15-10-5-4-9(6-7-18)13(8-10)19-12-3-1-2-11(16)14(12)17/h1-5,8H,6-7,18H2. The van der Waals surface area contributed by atoms with E-state index in [4.69, 9.17) is 45.3 Å². The molecule has 0 unspecified atom stereocenters. The number of rotatable bonds is 4. The Labute approximate surface area is 127 Å². The average Bonchev–Trinajstić information content (AvgIpc) is 2.38. The molecule has 2 aromatic rings. The second-order valence-electron chi connectivity index (χ2n) is 3.94. The zero-order valence-corrected chi connectivity index (χ0v) is 12.3. The molecule has 0 saturated carbocycles. The van der Waals surface area contributed by atoms with Gasteiger partial charge in [0.25, 0.3) is 0 Å². The van der Waals surface area contributed by atoms with Crippen LogP contribution in [0.15, 0.2) is 36.4 Å². The number of benzene rings is 2. The van der Waals surface area contributed by atoms with Crippen LogP contribution in [0, 0.1) is 0 Å². The lowest BCUT2D eigenvalue weighted by Crippen LogP contribution is -2.04. The lowest BCUT2D eigenvalue weighted by atomic mass is 10.1. The van der Waals surface area contributed by atoms with Gasteiger partial charge >= 0.3 is 0 Å². The predicted octanol–water partition coefficient (Wildman–Crippen LogP) is 4.94. The molecule has 5 heteroatoms. The van der Waals surface area contributed by atoms with Gasteiger partial charge in [0, 0.05) is 5.02 Å². The summed E-state index contributed by atoms with van der Waals surface area (Å²) in [5, 5.41) is 1.42. The number of ether oxygens (including phenoxy) is 1. The van der Waals surface area contributed by atoms with Crippen LogP contribution < -0.4 is 10.5 Å². The van der Waals surface area contributed by atoms with E-state index in [2.05, 4.69) is 0 Å². The van der Waals surface area contributed by atoms with Crippen LogP contribution >= 0.6 is 34.8 Å². The first-order valence-electron chi connectivity index (χ1n) is 5.72. The Bertz CT molecular complexity index is 587. The highest BCUT2D eigenvalue weighted by atomic mass is 35.5. The van der Waals surface area contributed by atoms with Gasteiger partial charge in [-0.05, 0) is 42.8 Å². The van der Waals surface area contributed by atoms with Gasteiger partial charge in [-0.1, -0.05) is 46.9 Å². The van der Waals surface area contributed by atoms with Crippen LogP contribution in [0.3, 0.4) is 0 Å². The van der Waals surface area contributed by atoms with Gasteiger partial charge in [-0.2, -0.15) is 0 Å². The fourth-order valence-electron chi connectivity index (χ4n) is 1.67. The van der Waals surface area contributed by atoms with E-state index in [1.54, 1.807) is 30.3 Å². The van der Waals surface area contributed by atoms with Crippen LogP contribution in [-0.2, 0) is 6.42 Å². The minimum Gasteiger partial charge on any atom is -0.455 e. The van der Waals surface area contributed by atoms with Crippen LogP contribution in [0.5, 0.6) is 11.5 Å². The summed E-state index contributed by atoms with van der Waals surface area (Å²) < 4.78 is 5.80. The summed E-state index contributed by atoms with van der Waals surface area (Å²) in [6, 6.07) is 10.7. The van der Waals surface area contributed by atoms with Crippen LogP contribution in [0.2, 0.25) is 15.1 Å². The number of halogens is 3. The first-order chi connectivity index (χ1) is 9.11. The quantitative estimate of drug-likeness (QED) is 0.867. The summed E-state index contributed by atoms with van der Waals surface area (Å²) in [6.45, 7) is 0.529. The molecule has 2 rings (SSSR count). The van der Waals surface area contributed by atoms with Gasteiger partial charge in [0.05, 0.1) is 5.02 Å². The molecule has 0 fully saturated rings. The zero-order valence-electron chi connectivity index (χ0n) is 10.00. The second kappa shape index (κ2) is 6.49. The smallest absolute Gasteiger partial charge is 0.147 e. The van der Waals surface area contributed by atoms with Crippen LogP contribution in [0.4, 0.5) is 0 Å². The minimum absolute atomic E-state index is 0.378. The fraction of sp³-hybridized carbons (Fsp3) is 0.143. The molecule has 100 valence electrons. The van der Waals surface area contributed by atoms with Crippen molar-refractivity contribution in [3.8, 4) is 11.5 Å². The van der Waals surface area contributed by atoms with Gasteiger partial charge < -0.3 is 10.5 Å². The summed E-state index contributed by atoms with van der Waals surface area (Å²) in [6.07, 6.45) is 0.699. The summed E-state index contributed by atoms with van der Waals surface area (Å²) in [4.78, 5) is 0. The molecule has 0 amide bonds. The molecule has 0 bridgehead atoms. The molecule has 19 heavy (non-hydrogen) atoms. The summed E-state index contributed by atoms with van der Waals surface area (Å²) in [5.41, 5.74) is 6.55. The summed E-state index contributed by atoms with van der Waals surface area (Å²) >= 11 is 18.0. The van der Waals surface area contributed by atoms with Crippen LogP contribution in [0.1, 0.15) is 5.56 Å². The van der Waals surface area contributed by atoms with Crippen LogP contribution in [-0.4, -0.2) is 6.54 Å². The third-order valence-electron chi connectivity index (χ3n) is 2.58.